The molecule has 0 N–H and O–H groups in total. The Hall–Kier alpha value is 0.260. The van der Waals surface area contributed by atoms with Gasteiger partial charge in [-0.05, 0) is 40.5 Å². The molecule has 0 aromatic carbocycles. The van der Waals surface area contributed by atoms with Crippen LogP contribution in [0.2, 0.25) is 0 Å². The molecule has 0 aromatic rings. The zero-order chi connectivity index (χ0) is 19.6. The molecule has 25 heavy (non-hydrogen) atoms. The summed E-state index contributed by atoms with van der Waals surface area (Å²) in [6.07, 6.45) is 2.65. The molecular weight excluding hydrogens is 388 g/mol. The van der Waals surface area contributed by atoms with Gasteiger partial charge >= 0.3 is 15.2 Å². The van der Waals surface area contributed by atoms with Crippen molar-refractivity contribution >= 4 is 33.0 Å². The van der Waals surface area contributed by atoms with Crippen molar-refractivity contribution in [3.05, 3.63) is 0 Å². The third-order valence-corrected chi connectivity index (χ3v) is 9.62. The minimum absolute atomic E-state index is 0.106. The maximum atomic E-state index is 13.3. The summed E-state index contributed by atoms with van der Waals surface area (Å²) in [4.78, 5) is 3.53. The lowest BCUT2D eigenvalue weighted by Gasteiger charge is -2.29. The molecule has 0 aromatic heterocycles. The van der Waals surface area contributed by atoms with Crippen LogP contribution in [0.25, 0.3) is 0 Å². The summed E-state index contributed by atoms with van der Waals surface area (Å²) in [5.74, 6) is 0. The van der Waals surface area contributed by atoms with Gasteiger partial charge in [0.1, 0.15) is 0 Å². The highest BCUT2D eigenvalue weighted by Crippen LogP contribution is 2.70. The predicted molar refractivity (Wildman–Crippen MR) is 103 cm³/mol. The van der Waals surface area contributed by atoms with Gasteiger partial charge in [-0.3, -0.25) is 14.1 Å². The average molecular weight is 420 g/mol. The molecule has 7 nitrogen and oxygen atoms in total. The van der Waals surface area contributed by atoms with E-state index >= 15 is 0 Å². The van der Waals surface area contributed by atoms with Crippen LogP contribution in [-0.2, 0) is 27.2 Å². The highest BCUT2D eigenvalue weighted by atomic mass is 35.5. The van der Waals surface area contributed by atoms with Crippen LogP contribution in [-0.4, -0.2) is 43.0 Å². The molecule has 0 radical (unpaired) electrons. The molecule has 0 atom stereocenters. The average Bonchev–Trinajstić information content (AvgIpc) is 2.55. The Morgan fingerprint density at radius 1 is 0.840 bits per heavy atom. The molecular formula is C15H32ClNO6P2. The second-order valence-electron chi connectivity index (χ2n) is 5.12. The zero-order valence-electron chi connectivity index (χ0n) is 16.1. The van der Waals surface area contributed by atoms with Crippen LogP contribution >= 0.6 is 26.8 Å². The Kier molecular flexibility index (Phi) is 12.0. The third-order valence-electron chi connectivity index (χ3n) is 3.42. The van der Waals surface area contributed by atoms with Crippen molar-refractivity contribution in [2.24, 2.45) is 4.99 Å². The van der Waals surface area contributed by atoms with E-state index in [1.54, 1.807) is 27.7 Å². The van der Waals surface area contributed by atoms with E-state index in [-0.39, 0.29) is 26.4 Å². The summed E-state index contributed by atoms with van der Waals surface area (Å²) in [6, 6.07) is 0. The smallest absolute Gasteiger partial charge is 0.307 e. The van der Waals surface area contributed by atoms with Gasteiger partial charge in [-0.2, -0.15) is 0 Å². The Labute approximate surface area is 156 Å². The van der Waals surface area contributed by atoms with Crippen molar-refractivity contribution in [2.45, 2.75) is 64.8 Å². The van der Waals surface area contributed by atoms with E-state index < -0.39 is 25.6 Å². The summed E-state index contributed by atoms with van der Waals surface area (Å²) < 4.78 is 47.9. The van der Waals surface area contributed by atoms with Crippen LogP contribution in [0, 0.1) is 0 Å². The zero-order valence-corrected chi connectivity index (χ0v) is 18.6. The summed E-state index contributed by atoms with van der Waals surface area (Å²) in [5.41, 5.74) is -1.42. The van der Waals surface area contributed by atoms with Crippen LogP contribution in [0.3, 0.4) is 0 Å². The van der Waals surface area contributed by atoms with E-state index in [9.17, 15) is 9.13 Å². The van der Waals surface area contributed by atoms with Gasteiger partial charge in [0, 0.05) is 6.21 Å². The molecule has 0 saturated carbocycles. The molecule has 0 fully saturated rings. The van der Waals surface area contributed by atoms with Gasteiger partial charge < -0.3 is 18.1 Å². The maximum absolute atomic E-state index is 13.3. The molecule has 0 aliphatic rings. The Balaban J connectivity index is 6.14. The molecule has 0 unspecified atom stereocenters. The third kappa shape index (κ3) is 7.42. The predicted octanol–water partition coefficient (Wildman–Crippen LogP) is 5.67. The van der Waals surface area contributed by atoms with Gasteiger partial charge in [-0.1, -0.05) is 13.8 Å². The Morgan fingerprint density at radius 2 is 1.16 bits per heavy atom. The first-order chi connectivity index (χ1) is 11.7. The summed E-state index contributed by atoms with van der Waals surface area (Å²) in [5, 5.41) is 0. The summed E-state index contributed by atoms with van der Waals surface area (Å²) in [6.45, 7) is 10.9. The molecule has 0 aliphatic heterocycles. The van der Waals surface area contributed by atoms with Gasteiger partial charge in [0.05, 0.1) is 31.3 Å². The van der Waals surface area contributed by atoms with E-state index in [4.69, 9.17) is 29.7 Å². The van der Waals surface area contributed by atoms with Crippen molar-refractivity contribution in [3.8, 4) is 0 Å². The molecule has 0 saturated heterocycles. The Morgan fingerprint density at radius 3 is 1.40 bits per heavy atom. The monoisotopic (exact) mass is 419 g/mol. The van der Waals surface area contributed by atoms with Crippen LogP contribution < -0.4 is 0 Å². The van der Waals surface area contributed by atoms with E-state index in [1.165, 1.54) is 6.21 Å². The second-order valence-corrected chi connectivity index (χ2v) is 10.4. The van der Waals surface area contributed by atoms with Crippen molar-refractivity contribution in [3.63, 3.8) is 0 Å². The van der Waals surface area contributed by atoms with Crippen LogP contribution in [0.4, 0.5) is 0 Å². The van der Waals surface area contributed by atoms with E-state index in [0.717, 1.165) is 0 Å². The Bertz CT molecular complexity index is 448. The lowest BCUT2D eigenvalue weighted by atomic mass is 10.0. The van der Waals surface area contributed by atoms with Gasteiger partial charge in [0.25, 0.3) is 5.52 Å². The largest absolute Gasteiger partial charge is 0.367 e. The number of hydrogen-bond acceptors (Lipinski definition) is 7. The molecule has 0 aliphatic carbocycles. The van der Waals surface area contributed by atoms with Crippen molar-refractivity contribution in [1.82, 2.24) is 0 Å². The first kappa shape index (κ1) is 25.3. The summed E-state index contributed by atoms with van der Waals surface area (Å²) >= 11 is 6.47. The van der Waals surface area contributed by atoms with E-state index in [2.05, 4.69) is 4.99 Å². The number of rotatable bonds is 14. The van der Waals surface area contributed by atoms with Crippen molar-refractivity contribution < 1.29 is 27.2 Å². The SMILES string of the molecule is CCOP(=O)(OCC)C(/N=C/C(Cl)(CC)CC)P(=O)(OCC)OCC. The minimum atomic E-state index is -3.89. The fourth-order valence-corrected chi connectivity index (χ4v) is 6.85. The quantitative estimate of drug-likeness (QED) is 0.205. The molecule has 150 valence electrons. The van der Waals surface area contributed by atoms with Gasteiger partial charge in [-0.25, -0.2) is 0 Å². The van der Waals surface area contributed by atoms with Crippen molar-refractivity contribution in [1.29, 1.82) is 0 Å². The molecule has 0 spiro atoms. The molecule has 0 rings (SSSR count). The number of alkyl halides is 1. The molecule has 0 heterocycles. The first-order valence-corrected chi connectivity index (χ1v) is 12.3. The molecule has 10 heteroatoms. The fourth-order valence-electron chi connectivity index (χ4n) is 2.03. The minimum Gasteiger partial charge on any atom is -0.307 e. The standard InChI is InChI=1S/C15H32ClNO6P2/c1-7-15(16,8-2)13-17-14(24(18,20-9-3)21-10-4)25(19,22-11-5)23-12-6/h13-14H,7-12H2,1-6H3/b17-13+. The maximum Gasteiger partial charge on any atom is 0.367 e. The van der Waals surface area contributed by atoms with Gasteiger partial charge in [0.2, 0.25) is 0 Å². The normalized spacial score (nSPS) is 13.9. The number of halogens is 1. The first-order valence-electron chi connectivity index (χ1n) is 8.71. The number of nitrogens with zero attached hydrogens (tertiary/aromatic N) is 1. The summed E-state index contributed by atoms with van der Waals surface area (Å²) in [7, 11) is -7.77. The second kappa shape index (κ2) is 11.9. The number of hydrogen-bond donors (Lipinski definition) is 0. The van der Waals surface area contributed by atoms with Crippen molar-refractivity contribution in [2.75, 3.05) is 26.4 Å². The highest BCUT2D eigenvalue weighted by Gasteiger charge is 2.51. The van der Waals surface area contributed by atoms with Crippen LogP contribution in [0.5, 0.6) is 0 Å². The van der Waals surface area contributed by atoms with E-state index in [1.807, 2.05) is 13.8 Å². The molecule has 0 amide bonds. The lowest BCUT2D eigenvalue weighted by molar-refractivity contribution is 0.196. The highest BCUT2D eigenvalue weighted by molar-refractivity contribution is 7.72. The molecule has 0 bridgehead atoms. The number of aliphatic imine (C=N–C) groups is 1. The van der Waals surface area contributed by atoms with Gasteiger partial charge in [0.15, 0.2) is 0 Å². The van der Waals surface area contributed by atoms with Crippen LogP contribution in [0.15, 0.2) is 4.99 Å². The fraction of sp³-hybridized carbons (Fsp3) is 0.933. The topological polar surface area (TPSA) is 83.4 Å². The van der Waals surface area contributed by atoms with Gasteiger partial charge in [-0.15, -0.1) is 11.6 Å². The van der Waals surface area contributed by atoms with E-state index in [0.29, 0.717) is 12.8 Å². The van der Waals surface area contributed by atoms with Crippen LogP contribution in [0.1, 0.15) is 54.4 Å². The lowest BCUT2D eigenvalue weighted by Crippen LogP contribution is -2.23.